The number of aliphatic carboxylic acids is 1. The maximum Gasteiger partial charge on any atom is 0.472 e. The number of phosphoric acid groups is 1. The largest absolute Gasteiger partial charge is 0.480 e. The van der Waals surface area contributed by atoms with E-state index < -0.39 is 51.1 Å². The van der Waals surface area contributed by atoms with Crippen molar-refractivity contribution in [2.75, 3.05) is 19.8 Å². The highest BCUT2D eigenvalue weighted by Crippen LogP contribution is 2.43. The summed E-state index contributed by atoms with van der Waals surface area (Å²) < 4.78 is 32.6. The molecule has 0 saturated carbocycles. The Labute approximate surface area is 338 Å². The summed E-state index contributed by atoms with van der Waals surface area (Å²) >= 11 is 0. The van der Waals surface area contributed by atoms with Crippen LogP contribution in [0.5, 0.6) is 0 Å². The van der Waals surface area contributed by atoms with Crippen molar-refractivity contribution < 1.29 is 47.5 Å². The molecular formula is C44H74NO10P. The summed E-state index contributed by atoms with van der Waals surface area (Å²) in [4.78, 5) is 45.8. The number of hydrogen-bond acceptors (Lipinski definition) is 9. The highest BCUT2D eigenvalue weighted by Gasteiger charge is 2.28. The van der Waals surface area contributed by atoms with Gasteiger partial charge >= 0.3 is 25.7 Å². The van der Waals surface area contributed by atoms with Crippen LogP contribution in [-0.2, 0) is 37.5 Å². The number of carboxylic acid groups (broad SMARTS) is 1. The second-order valence-corrected chi connectivity index (χ2v) is 15.2. The second-order valence-electron chi connectivity index (χ2n) is 13.7. The van der Waals surface area contributed by atoms with Crippen LogP contribution >= 0.6 is 7.82 Å². The van der Waals surface area contributed by atoms with Crippen molar-refractivity contribution in [1.82, 2.24) is 0 Å². The number of carbonyl (C=O) groups is 3. The molecule has 0 aromatic rings. The lowest BCUT2D eigenvalue weighted by molar-refractivity contribution is -0.161. The molecule has 0 fully saturated rings. The molecular weight excluding hydrogens is 733 g/mol. The van der Waals surface area contributed by atoms with Crippen molar-refractivity contribution in [2.45, 2.75) is 167 Å². The Morgan fingerprint density at radius 1 is 0.571 bits per heavy atom. The number of rotatable bonds is 38. The van der Waals surface area contributed by atoms with Crippen LogP contribution in [0.2, 0.25) is 0 Å². The van der Waals surface area contributed by atoms with Crippen molar-refractivity contribution in [3.05, 3.63) is 72.9 Å². The topological polar surface area (TPSA) is 172 Å². The molecule has 0 aliphatic rings. The molecule has 0 aromatic carbocycles. The van der Waals surface area contributed by atoms with E-state index >= 15 is 0 Å². The molecule has 0 heterocycles. The lowest BCUT2D eigenvalue weighted by Crippen LogP contribution is -2.34. The fourth-order valence-electron chi connectivity index (χ4n) is 5.21. The number of esters is 2. The van der Waals surface area contributed by atoms with Gasteiger partial charge in [-0.05, 0) is 51.4 Å². The maximum absolute atomic E-state index is 12.6. The molecule has 0 amide bonds. The van der Waals surface area contributed by atoms with Crippen molar-refractivity contribution >= 4 is 25.7 Å². The molecule has 0 aliphatic heterocycles. The van der Waals surface area contributed by atoms with Gasteiger partial charge in [0.15, 0.2) is 6.10 Å². The first-order valence-corrected chi connectivity index (χ1v) is 22.5. The van der Waals surface area contributed by atoms with Gasteiger partial charge in [0.25, 0.3) is 0 Å². The first-order valence-electron chi connectivity index (χ1n) is 21.0. The van der Waals surface area contributed by atoms with Crippen molar-refractivity contribution in [2.24, 2.45) is 5.73 Å². The van der Waals surface area contributed by atoms with Crippen molar-refractivity contribution in [3.8, 4) is 0 Å². The highest BCUT2D eigenvalue weighted by atomic mass is 31.2. The average Bonchev–Trinajstić information content (AvgIpc) is 3.17. The van der Waals surface area contributed by atoms with E-state index in [9.17, 15) is 23.8 Å². The van der Waals surface area contributed by atoms with Gasteiger partial charge in [-0.15, -0.1) is 0 Å². The average molecular weight is 808 g/mol. The molecule has 11 nitrogen and oxygen atoms in total. The summed E-state index contributed by atoms with van der Waals surface area (Å²) in [5.41, 5.74) is 5.32. The Hall–Kier alpha value is -3.08. The Kier molecular flexibility index (Phi) is 36.6. The monoisotopic (exact) mass is 808 g/mol. The van der Waals surface area contributed by atoms with Crippen LogP contribution in [-0.4, -0.2) is 59.9 Å². The van der Waals surface area contributed by atoms with E-state index in [-0.39, 0.29) is 19.4 Å². The second kappa shape index (κ2) is 38.8. The first-order chi connectivity index (χ1) is 27.1. The third kappa shape index (κ3) is 37.8. The standard InChI is InChI=1S/C44H74NO10P/c1-3-5-7-9-11-13-15-17-18-19-20-21-22-24-26-28-30-32-34-36-43(47)55-40(38-53-56(50,51)54-39-41(45)44(48)49)37-52-42(46)35-33-31-29-27-25-23-16-14-12-10-8-6-4-2/h5,7,11,13,17-18,20-21,24,26,30,32,40-41H,3-4,6,8-10,12,14-16,19,22-23,25,27-29,31,33-39,45H2,1-2H3,(H,48,49)(H,50,51). The third-order valence-corrected chi connectivity index (χ3v) is 9.43. The van der Waals surface area contributed by atoms with Crippen LogP contribution < -0.4 is 5.73 Å². The zero-order valence-electron chi connectivity index (χ0n) is 34.4. The molecule has 0 rings (SSSR count). The van der Waals surface area contributed by atoms with E-state index in [0.717, 1.165) is 51.4 Å². The fraction of sp³-hybridized carbons (Fsp3) is 0.659. The van der Waals surface area contributed by atoms with Crippen molar-refractivity contribution in [1.29, 1.82) is 0 Å². The molecule has 0 saturated heterocycles. The molecule has 12 heteroatoms. The van der Waals surface area contributed by atoms with Gasteiger partial charge in [-0.2, -0.15) is 0 Å². The maximum atomic E-state index is 12.6. The molecule has 0 aliphatic carbocycles. The summed E-state index contributed by atoms with van der Waals surface area (Å²) in [7, 11) is -4.74. The van der Waals surface area contributed by atoms with Crippen LogP contribution in [0, 0.1) is 0 Å². The minimum atomic E-state index is -4.74. The Bertz CT molecular complexity index is 1230. The van der Waals surface area contributed by atoms with E-state index in [1.807, 2.05) is 18.2 Å². The van der Waals surface area contributed by atoms with E-state index in [4.69, 9.17) is 24.8 Å². The van der Waals surface area contributed by atoms with E-state index in [1.54, 1.807) is 0 Å². The summed E-state index contributed by atoms with van der Waals surface area (Å²) in [6.07, 6.45) is 45.5. The van der Waals surface area contributed by atoms with E-state index in [1.165, 1.54) is 57.8 Å². The van der Waals surface area contributed by atoms with Gasteiger partial charge in [0.1, 0.15) is 12.6 Å². The number of allylic oxidation sites excluding steroid dienone is 12. The number of nitrogens with two attached hydrogens (primary N) is 1. The molecule has 4 N–H and O–H groups in total. The molecule has 0 aromatic heterocycles. The minimum Gasteiger partial charge on any atom is -0.480 e. The Morgan fingerprint density at radius 2 is 1.00 bits per heavy atom. The molecule has 3 atom stereocenters. The van der Waals surface area contributed by atoms with E-state index in [0.29, 0.717) is 19.3 Å². The third-order valence-electron chi connectivity index (χ3n) is 8.48. The number of carboxylic acids is 1. The summed E-state index contributed by atoms with van der Waals surface area (Å²) in [6, 6.07) is -1.53. The smallest absolute Gasteiger partial charge is 0.472 e. The zero-order chi connectivity index (χ0) is 41.4. The van der Waals surface area contributed by atoms with Gasteiger partial charge in [0, 0.05) is 12.8 Å². The van der Waals surface area contributed by atoms with Gasteiger partial charge in [-0.1, -0.05) is 164 Å². The zero-order valence-corrected chi connectivity index (χ0v) is 35.3. The Morgan fingerprint density at radius 3 is 1.46 bits per heavy atom. The molecule has 0 radical (unpaired) electrons. The molecule has 56 heavy (non-hydrogen) atoms. The molecule has 3 unspecified atom stereocenters. The van der Waals surface area contributed by atoms with Crippen LogP contribution in [0.15, 0.2) is 72.9 Å². The van der Waals surface area contributed by atoms with Crippen LogP contribution in [0.25, 0.3) is 0 Å². The predicted molar refractivity (Wildman–Crippen MR) is 226 cm³/mol. The number of ether oxygens (including phenoxy) is 2. The summed E-state index contributed by atoms with van der Waals surface area (Å²) in [5.74, 6) is -2.49. The van der Waals surface area contributed by atoms with Gasteiger partial charge in [0.05, 0.1) is 13.2 Å². The normalized spacial score (nSPS) is 14.5. The predicted octanol–water partition coefficient (Wildman–Crippen LogP) is 10.9. The number of unbranched alkanes of at least 4 members (excludes halogenated alkanes) is 12. The Balaban J connectivity index is 4.53. The van der Waals surface area contributed by atoms with Gasteiger partial charge in [-0.25, -0.2) is 4.57 Å². The lowest BCUT2D eigenvalue weighted by Gasteiger charge is -2.20. The molecule has 320 valence electrons. The molecule has 0 bridgehead atoms. The number of carbonyl (C=O) groups excluding carboxylic acids is 2. The summed E-state index contributed by atoms with van der Waals surface area (Å²) in [5, 5.41) is 8.88. The van der Waals surface area contributed by atoms with E-state index in [2.05, 4.69) is 73.1 Å². The SMILES string of the molecule is CCC=CCC=CCC=CCC=CCC=CCC=CCCC(=O)OC(COC(=O)CCCCCCCCCCCCCCC)COP(=O)(O)OCC(N)C(=O)O. The van der Waals surface area contributed by atoms with Crippen LogP contribution in [0.1, 0.15) is 155 Å². The minimum absolute atomic E-state index is 0.0341. The lowest BCUT2D eigenvalue weighted by atomic mass is 10.0. The number of phosphoric ester groups is 1. The van der Waals surface area contributed by atoms with Crippen LogP contribution in [0.3, 0.4) is 0 Å². The van der Waals surface area contributed by atoms with Crippen molar-refractivity contribution in [3.63, 3.8) is 0 Å². The fourth-order valence-corrected chi connectivity index (χ4v) is 5.99. The van der Waals surface area contributed by atoms with Gasteiger partial charge in [0.2, 0.25) is 0 Å². The molecule has 0 spiro atoms. The summed E-state index contributed by atoms with van der Waals surface area (Å²) in [6.45, 7) is 2.60. The van der Waals surface area contributed by atoms with Gasteiger partial charge < -0.3 is 25.2 Å². The quantitative estimate of drug-likeness (QED) is 0.0235. The highest BCUT2D eigenvalue weighted by molar-refractivity contribution is 7.47. The van der Waals surface area contributed by atoms with Gasteiger partial charge in [-0.3, -0.25) is 23.4 Å². The number of hydrogen-bond donors (Lipinski definition) is 3. The first kappa shape index (κ1) is 52.9. The van der Waals surface area contributed by atoms with Crippen LogP contribution in [0.4, 0.5) is 0 Å².